The maximum Gasteiger partial charge on any atom is 0.0731 e. The van der Waals surface area contributed by atoms with Gasteiger partial charge in [-0.05, 0) is 48.5 Å². The molecule has 0 unspecified atom stereocenters. The van der Waals surface area contributed by atoms with Crippen molar-refractivity contribution in [3.63, 3.8) is 0 Å². The van der Waals surface area contributed by atoms with E-state index in [-0.39, 0.29) is 0 Å². The molecule has 0 aliphatic carbocycles. The van der Waals surface area contributed by atoms with Crippen molar-refractivity contribution in [2.45, 2.75) is 14.7 Å². The lowest BCUT2D eigenvalue weighted by Crippen LogP contribution is -1.83. The SMILES string of the molecule is Nc1ccc(Sc2cccc(Cl)c2Cl)cc1.Sc1cccc(Cl)c1Cl. The highest BCUT2D eigenvalue weighted by Gasteiger charge is 2.05. The molecule has 0 atom stereocenters. The highest BCUT2D eigenvalue weighted by atomic mass is 35.5. The number of nitrogens with two attached hydrogens (primary N) is 1. The molecule has 130 valence electrons. The summed E-state index contributed by atoms with van der Waals surface area (Å²) in [6.45, 7) is 0. The molecule has 0 aromatic heterocycles. The van der Waals surface area contributed by atoms with Crippen LogP contribution >= 0.6 is 70.8 Å². The molecule has 1 nitrogen and oxygen atoms in total. The fraction of sp³-hybridized carbons (Fsp3) is 0. The Morgan fingerprint density at radius 2 is 1.28 bits per heavy atom. The zero-order chi connectivity index (χ0) is 18.4. The number of anilines is 1. The summed E-state index contributed by atoms with van der Waals surface area (Å²) in [6.07, 6.45) is 0. The van der Waals surface area contributed by atoms with Crippen LogP contribution in [0.15, 0.2) is 75.4 Å². The average molecular weight is 449 g/mol. The number of benzene rings is 3. The minimum absolute atomic E-state index is 0.516. The average Bonchev–Trinajstić information content (AvgIpc) is 2.59. The second-order valence-electron chi connectivity index (χ2n) is 4.80. The Morgan fingerprint density at radius 1 is 0.720 bits per heavy atom. The van der Waals surface area contributed by atoms with E-state index in [1.165, 1.54) is 0 Å². The van der Waals surface area contributed by atoms with E-state index < -0.39 is 0 Å². The first-order valence-corrected chi connectivity index (χ1v) is 9.76. The van der Waals surface area contributed by atoms with E-state index in [1.54, 1.807) is 36.0 Å². The Hall–Kier alpha value is -0.680. The minimum Gasteiger partial charge on any atom is -0.399 e. The molecule has 0 aliphatic rings. The van der Waals surface area contributed by atoms with Gasteiger partial charge in [0.15, 0.2) is 0 Å². The summed E-state index contributed by atoms with van der Waals surface area (Å²) in [7, 11) is 0. The van der Waals surface area contributed by atoms with Gasteiger partial charge in [-0.25, -0.2) is 0 Å². The number of rotatable bonds is 2. The predicted molar refractivity (Wildman–Crippen MR) is 115 cm³/mol. The van der Waals surface area contributed by atoms with Crippen LogP contribution in [0.25, 0.3) is 0 Å². The molecule has 3 aromatic carbocycles. The Bertz CT molecular complexity index is 834. The molecule has 0 bridgehead atoms. The normalized spacial score (nSPS) is 10.1. The second-order valence-corrected chi connectivity index (χ2v) is 7.96. The molecule has 0 fully saturated rings. The van der Waals surface area contributed by atoms with Gasteiger partial charge in [0.25, 0.3) is 0 Å². The molecular weight excluding hydrogens is 436 g/mol. The first kappa shape index (κ1) is 20.6. The summed E-state index contributed by atoms with van der Waals surface area (Å²) in [4.78, 5) is 2.74. The largest absolute Gasteiger partial charge is 0.399 e. The van der Waals surface area contributed by atoms with E-state index >= 15 is 0 Å². The third kappa shape index (κ3) is 6.21. The molecule has 0 saturated heterocycles. The molecule has 0 saturated carbocycles. The highest BCUT2D eigenvalue weighted by Crippen LogP contribution is 2.37. The van der Waals surface area contributed by atoms with Crippen LogP contribution in [0, 0.1) is 0 Å². The summed E-state index contributed by atoms with van der Waals surface area (Å²) < 4.78 is 0. The van der Waals surface area contributed by atoms with Crippen molar-refractivity contribution in [1.82, 2.24) is 0 Å². The molecule has 2 N–H and O–H groups in total. The first-order valence-electron chi connectivity index (χ1n) is 6.99. The zero-order valence-corrected chi connectivity index (χ0v) is 17.5. The van der Waals surface area contributed by atoms with E-state index in [9.17, 15) is 0 Å². The van der Waals surface area contributed by atoms with E-state index in [1.807, 2.05) is 36.4 Å². The van der Waals surface area contributed by atoms with Gasteiger partial charge >= 0.3 is 0 Å². The Morgan fingerprint density at radius 3 is 1.84 bits per heavy atom. The van der Waals surface area contributed by atoms with Crippen molar-refractivity contribution in [3.05, 3.63) is 80.8 Å². The number of thiol groups is 1. The van der Waals surface area contributed by atoms with Crippen molar-refractivity contribution in [2.75, 3.05) is 5.73 Å². The maximum atomic E-state index is 6.10. The highest BCUT2D eigenvalue weighted by molar-refractivity contribution is 7.99. The monoisotopic (exact) mass is 447 g/mol. The molecular formula is C18H13Cl4NS2. The van der Waals surface area contributed by atoms with Gasteiger partial charge in [-0.15, -0.1) is 12.6 Å². The van der Waals surface area contributed by atoms with Crippen LogP contribution in [-0.2, 0) is 0 Å². The summed E-state index contributed by atoms with van der Waals surface area (Å²) in [6, 6.07) is 18.5. The fourth-order valence-corrected chi connectivity index (χ4v) is 3.64. The molecule has 25 heavy (non-hydrogen) atoms. The lowest BCUT2D eigenvalue weighted by Gasteiger charge is -2.05. The first-order chi connectivity index (χ1) is 11.9. The Labute approximate surface area is 176 Å². The van der Waals surface area contributed by atoms with E-state index in [4.69, 9.17) is 52.1 Å². The molecule has 0 heterocycles. The van der Waals surface area contributed by atoms with Gasteiger partial charge in [0.2, 0.25) is 0 Å². The standard InChI is InChI=1S/C12H9Cl2NS.C6H4Cl2S/c13-10-2-1-3-11(12(10)14)16-9-6-4-8(15)5-7-9;7-4-2-1-3-5(9)6(4)8/h1-7H,15H2;1-3,9H. The van der Waals surface area contributed by atoms with E-state index in [2.05, 4.69) is 12.6 Å². The lowest BCUT2D eigenvalue weighted by atomic mass is 10.3. The van der Waals surface area contributed by atoms with Crippen LogP contribution in [0.1, 0.15) is 0 Å². The molecule has 7 heteroatoms. The smallest absolute Gasteiger partial charge is 0.0731 e. The number of nitrogen functional groups attached to an aromatic ring is 1. The molecule has 0 spiro atoms. The molecule has 0 amide bonds. The molecule has 0 radical (unpaired) electrons. The minimum atomic E-state index is 0.516. The van der Waals surface area contributed by atoms with Crippen molar-refractivity contribution in [1.29, 1.82) is 0 Å². The van der Waals surface area contributed by atoms with Crippen LogP contribution in [0.2, 0.25) is 20.1 Å². The third-order valence-electron chi connectivity index (χ3n) is 2.96. The molecule has 3 aromatic rings. The summed E-state index contributed by atoms with van der Waals surface area (Å²) in [5, 5.41) is 2.22. The Balaban J connectivity index is 0.000000212. The quantitative estimate of drug-likeness (QED) is 0.306. The van der Waals surface area contributed by atoms with Gasteiger partial charge in [-0.2, -0.15) is 0 Å². The van der Waals surface area contributed by atoms with Gasteiger partial charge in [0.05, 0.1) is 20.1 Å². The molecule has 0 aliphatic heterocycles. The fourth-order valence-electron chi connectivity index (χ4n) is 1.72. The Kier molecular flexibility index (Phi) is 8.14. The van der Waals surface area contributed by atoms with Crippen LogP contribution < -0.4 is 5.73 Å². The van der Waals surface area contributed by atoms with Crippen LogP contribution in [-0.4, -0.2) is 0 Å². The van der Waals surface area contributed by atoms with E-state index in [0.717, 1.165) is 15.5 Å². The van der Waals surface area contributed by atoms with Crippen molar-refractivity contribution in [2.24, 2.45) is 0 Å². The zero-order valence-electron chi connectivity index (χ0n) is 12.7. The van der Waals surface area contributed by atoms with E-state index in [0.29, 0.717) is 25.0 Å². The van der Waals surface area contributed by atoms with Gasteiger partial charge < -0.3 is 5.73 Å². The third-order valence-corrected chi connectivity index (χ3v) is 6.28. The van der Waals surface area contributed by atoms with Gasteiger partial charge in [0, 0.05) is 20.4 Å². The lowest BCUT2D eigenvalue weighted by molar-refractivity contribution is 1.41. The van der Waals surface area contributed by atoms with Crippen LogP contribution in [0.4, 0.5) is 5.69 Å². The van der Waals surface area contributed by atoms with Crippen LogP contribution in [0.5, 0.6) is 0 Å². The summed E-state index contributed by atoms with van der Waals surface area (Å²) in [5.74, 6) is 0. The summed E-state index contributed by atoms with van der Waals surface area (Å²) >= 11 is 29.0. The van der Waals surface area contributed by atoms with Crippen LogP contribution in [0.3, 0.4) is 0 Å². The number of hydrogen-bond donors (Lipinski definition) is 2. The van der Waals surface area contributed by atoms with Gasteiger partial charge in [-0.3, -0.25) is 0 Å². The topological polar surface area (TPSA) is 26.0 Å². The van der Waals surface area contributed by atoms with Crippen molar-refractivity contribution in [3.8, 4) is 0 Å². The van der Waals surface area contributed by atoms with Crippen molar-refractivity contribution < 1.29 is 0 Å². The van der Waals surface area contributed by atoms with Gasteiger partial charge in [0.1, 0.15) is 0 Å². The van der Waals surface area contributed by atoms with Gasteiger partial charge in [-0.1, -0.05) is 70.3 Å². The number of hydrogen-bond acceptors (Lipinski definition) is 3. The number of halogens is 4. The molecule has 3 rings (SSSR count). The van der Waals surface area contributed by atoms with Crippen molar-refractivity contribution >= 4 is 76.5 Å². The summed E-state index contributed by atoms with van der Waals surface area (Å²) in [5.41, 5.74) is 6.37. The maximum absolute atomic E-state index is 6.10. The predicted octanol–water partition coefficient (Wildman–Crippen LogP) is 8.01. The second kappa shape index (κ2) is 9.86.